The number of nitrogens with one attached hydrogen (secondary N) is 2. The summed E-state index contributed by atoms with van der Waals surface area (Å²) in [5.41, 5.74) is 2.09. The SMILES string of the molecule is Cc1ccc(F)cc1NC(=O)CCc1ccc(S(=O)(=O)NCC(C)C)cc1. The van der Waals surface area contributed by atoms with Crippen LogP contribution in [0, 0.1) is 18.7 Å². The molecule has 7 heteroatoms. The molecule has 2 aromatic rings. The van der Waals surface area contributed by atoms with E-state index in [0.717, 1.165) is 11.1 Å². The molecule has 0 aliphatic rings. The largest absolute Gasteiger partial charge is 0.326 e. The van der Waals surface area contributed by atoms with Crippen molar-refractivity contribution < 1.29 is 17.6 Å². The van der Waals surface area contributed by atoms with Gasteiger partial charge < -0.3 is 5.32 Å². The Balaban J connectivity index is 1.93. The minimum Gasteiger partial charge on any atom is -0.326 e. The second-order valence-corrected chi connectivity index (χ2v) is 8.66. The zero-order valence-electron chi connectivity index (χ0n) is 15.8. The average molecular weight is 392 g/mol. The van der Waals surface area contributed by atoms with Crippen molar-refractivity contribution in [3.63, 3.8) is 0 Å². The molecule has 27 heavy (non-hydrogen) atoms. The molecule has 0 fully saturated rings. The van der Waals surface area contributed by atoms with Gasteiger partial charge in [0.2, 0.25) is 15.9 Å². The number of anilines is 1. The standard InChI is InChI=1S/C20H25FN2O3S/c1-14(2)13-22-27(25,26)18-9-5-16(6-10-18)7-11-20(24)23-19-12-17(21)8-4-15(19)3/h4-6,8-10,12,14,22H,7,11,13H2,1-3H3,(H,23,24). The van der Waals surface area contributed by atoms with Gasteiger partial charge in [-0.15, -0.1) is 0 Å². The topological polar surface area (TPSA) is 75.3 Å². The van der Waals surface area contributed by atoms with Crippen LogP contribution in [0.25, 0.3) is 0 Å². The van der Waals surface area contributed by atoms with Crippen LogP contribution >= 0.6 is 0 Å². The van der Waals surface area contributed by atoms with E-state index in [4.69, 9.17) is 0 Å². The maximum Gasteiger partial charge on any atom is 0.240 e. The van der Waals surface area contributed by atoms with Crippen molar-refractivity contribution in [1.82, 2.24) is 4.72 Å². The van der Waals surface area contributed by atoms with Gasteiger partial charge in [-0.3, -0.25) is 4.79 Å². The van der Waals surface area contributed by atoms with Crippen LogP contribution in [0.5, 0.6) is 0 Å². The molecule has 0 bridgehead atoms. The summed E-state index contributed by atoms with van der Waals surface area (Å²) in [7, 11) is -3.52. The lowest BCUT2D eigenvalue weighted by molar-refractivity contribution is -0.116. The van der Waals surface area contributed by atoms with Gasteiger partial charge in [-0.1, -0.05) is 32.0 Å². The van der Waals surface area contributed by atoms with Gasteiger partial charge >= 0.3 is 0 Å². The Hall–Kier alpha value is -2.25. The first-order chi connectivity index (χ1) is 12.7. The Morgan fingerprint density at radius 2 is 1.78 bits per heavy atom. The summed E-state index contributed by atoms with van der Waals surface area (Å²) in [6.07, 6.45) is 0.674. The summed E-state index contributed by atoms with van der Waals surface area (Å²) >= 11 is 0. The molecular formula is C20H25FN2O3S. The molecule has 0 aromatic heterocycles. The third-order valence-corrected chi connectivity index (χ3v) is 5.47. The van der Waals surface area contributed by atoms with Crippen molar-refractivity contribution in [2.45, 2.75) is 38.5 Å². The average Bonchev–Trinajstić information content (AvgIpc) is 2.62. The van der Waals surface area contributed by atoms with Crippen LogP contribution in [-0.4, -0.2) is 20.9 Å². The molecule has 146 valence electrons. The molecule has 5 nitrogen and oxygen atoms in total. The Kier molecular flexibility index (Phi) is 7.10. The molecule has 2 rings (SSSR count). The number of aryl methyl sites for hydroxylation is 2. The highest BCUT2D eigenvalue weighted by atomic mass is 32.2. The normalized spacial score (nSPS) is 11.6. The lowest BCUT2D eigenvalue weighted by Gasteiger charge is -2.10. The lowest BCUT2D eigenvalue weighted by atomic mass is 10.1. The highest BCUT2D eigenvalue weighted by Crippen LogP contribution is 2.17. The van der Waals surface area contributed by atoms with Crippen LogP contribution in [0.2, 0.25) is 0 Å². The fourth-order valence-corrected chi connectivity index (χ4v) is 3.61. The molecule has 1 amide bonds. The zero-order chi connectivity index (χ0) is 20.0. The second-order valence-electron chi connectivity index (χ2n) is 6.90. The van der Waals surface area contributed by atoms with Gasteiger partial charge in [0.05, 0.1) is 4.90 Å². The maximum atomic E-state index is 13.3. The minimum atomic E-state index is -3.52. The van der Waals surface area contributed by atoms with E-state index in [0.29, 0.717) is 18.7 Å². The predicted molar refractivity (Wildman–Crippen MR) is 105 cm³/mol. The summed E-state index contributed by atoms with van der Waals surface area (Å²) in [5, 5.41) is 2.70. The third-order valence-electron chi connectivity index (χ3n) is 4.03. The van der Waals surface area contributed by atoms with Crippen LogP contribution < -0.4 is 10.0 Å². The summed E-state index contributed by atoms with van der Waals surface area (Å²) in [6, 6.07) is 10.7. The fraction of sp³-hybridized carbons (Fsp3) is 0.350. The van der Waals surface area contributed by atoms with E-state index in [2.05, 4.69) is 10.0 Å². The number of amides is 1. The van der Waals surface area contributed by atoms with Crippen molar-refractivity contribution in [2.75, 3.05) is 11.9 Å². The van der Waals surface area contributed by atoms with Crippen LogP contribution in [0.3, 0.4) is 0 Å². The molecule has 2 aromatic carbocycles. The maximum absolute atomic E-state index is 13.3. The Morgan fingerprint density at radius 1 is 1.11 bits per heavy atom. The van der Waals surface area contributed by atoms with Crippen molar-refractivity contribution in [3.05, 3.63) is 59.4 Å². The summed E-state index contributed by atoms with van der Waals surface area (Å²) in [5.74, 6) is -0.406. The molecule has 0 heterocycles. The Bertz CT molecular complexity index is 894. The molecule has 0 saturated heterocycles. The molecular weight excluding hydrogens is 367 g/mol. The number of hydrogen-bond donors (Lipinski definition) is 2. The van der Waals surface area contributed by atoms with Crippen LogP contribution in [0.4, 0.5) is 10.1 Å². The van der Waals surface area contributed by atoms with Gasteiger partial charge in [0.1, 0.15) is 5.82 Å². The van der Waals surface area contributed by atoms with Crippen LogP contribution in [0.1, 0.15) is 31.4 Å². The highest BCUT2D eigenvalue weighted by molar-refractivity contribution is 7.89. The first-order valence-electron chi connectivity index (χ1n) is 8.82. The first kappa shape index (κ1) is 21.1. The van der Waals surface area contributed by atoms with Gasteiger partial charge in [-0.05, 0) is 54.7 Å². The molecule has 2 N–H and O–H groups in total. The number of carbonyl (C=O) groups excluding carboxylic acids is 1. The van der Waals surface area contributed by atoms with E-state index in [-0.39, 0.29) is 23.1 Å². The predicted octanol–water partition coefficient (Wildman–Crippen LogP) is 3.64. The van der Waals surface area contributed by atoms with Crippen molar-refractivity contribution in [1.29, 1.82) is 0 Å². The first-order valence-corrected chi connectivity index (χ1v) is 10.3. The number of benzene rings is 2. The minimum absolute atomic E-state index is 0.201. The van der Waals surface area contributed by atoms with Crippen molar-refractivity contribution in [3.8, 4) is 0 Å². The molecule has 0 spiro atoms. The number of halogens is 1. The van der Waals surface area contributed by atoms with E-state index in [9.17, 15) is 17.6 Å². The summed E-state index contributed by atoms with van der Waals surface area (Å²) < 4.78 is 40.2. The smallest absolute Gasteiger partial charge is 0.240 e. The second kappa shape index (κ2) is 9.10. The van der Waals surface area contributed by atoms with E-state index in [1.54, 1.807) is 25.1 Å². The number of carbonyl (C=O) groups is 1. The van der Waals surface area contributed by atoms with Gasteiger partial charge in [0.15, 0.2) is 0 Å². The Morgan fingerprint density at radius 3 is 2.41 bits per heavy atom. The molecule has 0 aliphatic carbocycles. The van der Waals surface area contributed by atoms with E-state index < -0.39 is 15.8 Å². The monoisotopic (exact) mass is 392 g/mol. The number of hydrogen-bond acceptors (Lipinski definition) is 3. The zero-order valence-corrected chi connectivity index (χ0v) is 16.6. The van der Waals surface area contributed by atoms with E-state index in [1.165, 1.54) is 24.3 Å². The molecule has 0 saturated carbocycles. The highest BCUT2D eigenvalue weighted by Gasteiger charge is 2.14. The van der Waals surface area contributed by atoms with Gasteiger partial charge in [-0.2, -0.15) is 0 Å². The van der Waals surface area contributed by atoms with E-state index >= 15 is 0 Å². The van der Waals surface area contributed by atoms with Crippen LogP contribution in [0.15, 0.2) is 47.4 Å². The number of rotatable bonds is 8. The summed E-state index contributed by atoms with van der Waals surface area (Å²) in [4.78, 5) is 12.3. The molecule has 0 aliphatic heterocycles. The van der Waals surface area contributed by atoms with Crippen LogP contribution in [-0.2, 0) is 21.2 Å². The Labute approximate surface area is 160 Å². The van der Waals surface area contributed by atoms with Gasteiger partial charge in [0.25, 0.3) is 0 Å². The van der Waals surface area contributed by atoms with E-state index in [1.807, 2.05) is 13.8 Å². The van der Waals surface area contributed by atoms with Crippen molar-refractivity contribution >= 4 is 21.6 Å². The lowest BCUT2D eigenvalue weighted by Crippen LogP contribution is -2.27. The van der Waals surface area contributed by atoms with Crippen molar-refractivity contribution in [2.24, 2.45) is 5.92 Å². The molecule has 0 atom stereocenters. The molecule has 0 unspecified atom stereocenters. The quantitative estimate of drug-likeness (QED) is 0.720. The van der Waals surface area contributed by atoms with Gasteiger partial charge in [0, 0.05) is 18.7 Å². The summed E-state index contributed by atoms with van der Waals surface area (Å²) in [6.45, 7) is 6.04. The number of sulfonamides is 1. The third kappa shape index (κ3) is 6.45. The molecule has 0 radical (unpaired) electrons. The van der Waals surface area contributed by atoms with Gasteiger partial charge in [-0.25, -0.2) is 17.5 Å². The fourth-order valence-electron chi connectivity index (χ4n) is 2.39.